The molecule has 0 N–H and O–H groups in total. The lowest BCUT2D eigenvalue weighted by Gasteiger charge is -2.39. The van der Waals surface area contributed by atoms with E-state index in [-0.39, 0.29) is 0 Å². The Morgan fingerprint density at radius 2 is 1.85 bits per heavy atom. The molecule has 8 heteroatoms. The van der Waals surface area contributed by atoms with Crippen LogP contribution in [0.4, 0.5) is 4.39 Å². The zero-order chi connectivity index (χ0) is 22.5. The van der Waals surface area contributed by atoms with Gasteiger partial charge in [0.05, 0.1) is 24.1 Å². The van der Waals surface area contributed by atoms with E-state index in [4.69, 9.17) is 9.97 Å². The molecule has 0 saturated carbocycles. The molecule has 7 heterocycles. The molecule has 166 valence electrons. The molecule has 0 spiro atoms. The molecule has 1 fully saturated rings. The van der Waals surface area contributed by atoms with Crippen molar-refractivity contribution in [2.75, 3.05) is 13.1 Å². The summed E-state index contributed by atoms with van der Waals surface area (Å²) >= 11 is 0. The number of hydrogen-bond donors (Lipinski definition) is 0. The largest absolute Gasteiger partial charge is 0.377 e. The van der Waals surface area contributed by atoms with Crippen LogP contribution in [0.1, 0.15) is 35.6 Å². The number of rotatable bonds is 4. The maximum Gasteiger partial charge on any atom is 0.164 e. The topological polar surface area (TPSA) is 72.6 Å². The predicted octanol–water partition coefficient (Wildman–Crippen LogP) is 4.15. The molecule has 4 aromatic heterocycles. The van der Waals surface area contributed by atoms with Crippen LogP contribution in [0.2, 0.25) is 0 Å². The van der Waals surface area contributed by atoms with Crippen molar-refractivity contribution < 1.29 is 4.39 Å². The number of aryl methyl sites for hydroxylation is 2. The molecular formula is C25H24FN7. The van der Waals surface area contributed by atoms with Gasteiger partial charge in [0, 0.05) is 37.2 Å². The highest BCUT2D eigenvalue weighted by Gasteiger charge is 2.28. The van der Waals surface area contributed by atoms with E-state index in [1.165, 1.54) is 36.2 Å². The lowest BCUT2D eigenvalue weighted by Crippen LogP contribution is -2.35. The van der Waals surface area contributed by atoms with E-state index in [9.17, 15) is 4.39 Å². The highest BCUT2D eigenvalue weighted by molar-refractivity contribution is 5.79. The Morgan fingerprint density at radius 1 is 1.00 bits per heavy atom. The summed E-state index contributed by atoms with van der Waals surface area (Å²) in [7, 11) is 0. The van der Waals surface area contributed by atoms with Crippen LogP contribution in [0.15, 0.2) is 43.0 Å². The Balaban J connectivity index is 1.40. The average molecular weight is 442 g/mol. The summed E-state index contributed by atoms with van der Waals surface area (Å²) in [5.74, 6) is 1.50. The standard InChI is InChI=1S/C25H24FN7/c1-15-23-25(30-16(2)29-15)33(24(31-23)19-9-20(26)12-27-10-19)13-21-4-3-18(11-28-21)22-14-32-7-5-17(22)6-8-32/h3-4,9-12,14,17H,5-8,13H2,1-2H3. The zero-order valence-electron chi connectivity index (χ0n) is 18.7. The van der Waals surface area contributed by atoms with Gasteiger partial charge in [0.2, 0.25) is 0 Å². The fourth-order valence-corrected chi connectivity index (χ4v) is 4.98. The number of halogens is 1. The van der Waals surface area contributed by atoms with E-state index >= 15 is 0 Å². The summed E-state index contributed by atoms with van der Waals surface area (Å²) in [6.45, 7) is 6.56. The van der Waals surface area contributed by atoms with E-state index < -0.39 is 5.82 Å². The lowest BCUT2D eigenvalue weighted by atomic mass is 9.83. The Hall–Kier alpha value is -3.68. The third-order valence-electron chi connectivity index (χ3n) is 6.61. The molecule has 0 unspecified atom stereocenters. The van der Waals surface area contributed by atoms with Gasteiger partial charge >= 0.3 is 0 Å². The van der Waals surface area contributed by atoms with E-state index in [0.29, 0.717) is 40.8 Å². The summed E-state index contributed by atoms with van der Waals surface area (Å²) in [6.07, 6.45) is 9.52. The number of piperidine rings is 1. The van der Waals surface area contributed by atoms with Gasteiger partial charge in [0.1, 0.15) is 23.0 Å². The molecule has 0 aromatic carbocycles. The van der Waals surface area contributed by atoms with Crippen molar-refractivity contribution in [3.8, 4) is 11.4 Å². The number of pyridine rings is 2. The zero-order valence-corrected chi connectivity index (χ0v) is 18.7. The van der Waals surface area contributed by atoms with Crippen LogP contribution in [-0.4, -0.2) is 47.5 Å². The smallest absolute Gasteiger partial charge is 0.164 e. The second-order valence-corrected chi connectivity index (χ2v) is 8.87. The predicted molar refractivity (Wildman–Crippen MR) is 124 cm³/mol. The van der Waals surface area contributed by atoms with Crippen LogP contribution >= 0.6 is 0 Å². The van der Waals surface area contributed by atoms with Crippen molar-refractivity contribution in [2.45, 2.75) is 33.2 Å². The number of allylic oxidation sites excluding steroid dienone is 1. The average Bonchev–Trinajstić information content (AvgIpc) is 3.19. The summed E-state index contributed by atoms with van der Waals surface area (Å²) in [5.41, 5.74) is 6.27. The Bertz CT molecular complexity index is 1380. The first-order chi connectivity index (χ1) is 16.0. The van der Waals surface area contributed by atoms with Crippen molar-refractivity contribution in [3.05, 3.63) is 71.6 Å². The van der Waals surface area contributed by atoms with Crippen LogP contribution < -0.4 is 0 Å². The van der Waals surface area contributed by atoms with Gasteiger partial charge in [-0.3, -0.25) is 9.97 Å². The van der Waals surface area contributed by atoms with Crippen molar-refractivity contribution in [1.82, 2.24) is 34.4 Å². The van der Waals surface area contributed by atoms with Crippen LogP contribution in [0, 0.1) is 25.6 Å². The molecule has 0 amide bonds. The van der Waals surface area contributed by atoms with Crippen LogP contribution in [0.3, 0.4) is 0 Å². The quantitative estimate of drug-likeness (QED) is 0.474. The normalized spacial score (nSPS) is 16.0. The Morgan fingerprint density at radius 3 is 2.55 bits per heavy atom. The number of nitrogens with zero attached hydrogens (tertiary/aromatic N) is 7. The first kappa shape index (κ1) is 20.0. The number of aromatic nitrogens is 6. The lowest BCUT2D eigenvalue weighted by molar-refractivity contribution is 0.252. The summed E-state index contributed by atoms with van der Waals surface area (Å²) in [6, 6.07) is 5.66. The first-order valence-electron chi connectivity index (χ1n) is 11.3. The third kappa shape index (κ3) is 3.55. The summed E-state index contributed by atoms with van der Waals surface area (Å²) in [5, 5.41) is 0. The fraction of sp³-hybridized carbons (Fsp3) is 0.320. The highest BCUT2D eigenvalue weighted by Crippen LogP contribution is 2.37. The molecule has 0 atom stereocenters. The van der Waals surface area contributed by atoms with Crippen LogP contribution in [0.5, 0.6) is 0 Å². The van der Waals surface area contributed by atoms with Gasteiger partial charge in [0.15, 0.2) is 5.65 Å². The Labute approximate surface area is 191 Å². The second kappa shape index (κ2) is 7.72. The first-order valence-corrected chi connectivity index (χ1v) is 11.3. The van der Waals surface area contributed by atoms with Crippen molar-refractivity contribution in [3.63, 3.8) is 0 Å². The molecule has 0 aliphatic carbocycles. The molecule has 4 aromatic rings. The fourth-order valence-electron chi connectivity index (χ4n) is 4.98. The minimum atomic E-state index is -0.404. The molecule has 7 rings (SSSR count). The third-order valence-corrected chi connectivity index (χ3v) is 6.61. The molecule has 1 saturated heterocycles. The van der Waals surface area contributed by atoms with E-state index in [0.717, 1.165) is 24.5 Å². The van der Waals surface area contributed by atoms with E-state index in [2.05, 4.69) is 38.2 Å². The van der Waals surface area contributed by atoms with Gasteiger partial charge in [-0.05, 0) is 55.9 Å². The van der Waals surface area contributed by atoms with Crippen molar-refractivity contribution in [1.29, 1.82) is 0 Å². The van der Waals surface area contributed by atoms with Crippen LogP contribution in [0.25, 0.3) is 28.1 Å². The van der Waals surface area contributed by atoms with Gasteiger partial charge in [-0.25, -0.2) is 19.3 Å². The van der Waals surface area contributed by atoms with Crippen LogP contribution in [-0.2, 0) is 6.54 Å². The van der Waals surface area contributed by atoms with Gasteiger partial charge < -0.3 is 9.47 Å². The van der Waals surface area contributed by atoms with Gasteiger partial charge in [-0.15, -0.1) is 0 Å². The van der Waals surface area contributed by atoms with Gasteiger partial charge in [-0.2, -0.15) is 0 Å². The van der Waals surface area contributed by atoms with Crippen molar-refractivity contribution >= 4 is 16.7 Å². The minimum Gasteiger partial charge on any atom is -0.377 e. The maximum atomic E-state index is 13.9. The molecule has 33 heavy (non-hydrogen) atoms. The van der Waals surface area contributed by atoms with E-state index in [1.54, 1.807) is 6.20 Å². The molecular weight excluding hydrogens is 417 g/mol. The SMILES string of the molecule is Cc1nc(C)c2nc(-c3cncc(F)c3)n(Cc3ccc(C4=CN5CCC4CC5)cn3)c2n1. The van der Waals surface area contributed by atoms with Crippen molar-refractivity contribution in [2.24, 2.45) is 5.92 Å². The number of imidazole rings is 1. The van der Waals surface area contributed by atoms with Gasteiger partial charge in [-0.1, -0.05) is 6.07 Å². The summed E-state index contributed by atoms with van der Waals surface area (Å²) < 4.78 is 15.9. The molecule has 3 aliphatic heterocycles. The highest BCUT2D eigenvalue weighted by atomic mass is 19.1. The number of hydrogen-bond acceptors (Lipinski definition) is 6. The maximum absolute atomic E-state index is 13.9. The molecule has 3 aliphatic rings. The molecule has 7 nitrogen and oxygen atoms in total. The summed E-state index contributed by atoms with van der Waals surface area (Å²) in [4.78, 5) is 25.1. The minimum absolute atomic E-state index is 0.404. The molecule has 0 radical (unpaired) electrons. The molecule has 2 bridgehead atoms. The van der Waals surface area contributed by atoms with E-state index in [1.807, 2.05) is 24.6 Å². The Kier molecular flexibility index (Phi) is 4.67. The number of fused-ring (bicyclic) bond motifs is 3. The monoisotopic (exact) mass is 441 g/mol. The second-order valence-electron chi connectivity index (χ2n) is 8.87. The van der Waals surface area contributed by atoms with Gasteiger partial charge in [0.25, 0.3) is 0 Å².